The van der Waals surface area contributed by atoms with Crippen LogP contribution >= 0.6 is 0 Å². The molecule has 4 nitrogen and oxygen atoms in total. The number of nitrogens with two attached hydrogens (primary N) is 1. The van der Waals surface area contributed by atoms with Crippen LogP contribution in [0.4, 0.5) is 20.5 Å². The molecule has 0 unspecified atom stereocenters. The molecule has 2 heterocycles. The van der Waals surface area contributed by atoms with E-state index in [4.69, 9.17) is 5.73 Å². The molecule has 6 heteroatoms. The summed E-state index contributed by atoms with van der Waals surface area (Å²) in [5.41, 5.74) is 5.42. The summed E-state index contributed by atoms with van der Waals surface area (Å²) in [7, 11) is 0. The molecule has 0 aromatic carbocycles. The van der Waals surface area contributed by atoms with Crippen molar-refractivity contribution in [3.05, 3.63) is 12.3 Å². The van der Waals surface area contributed by atoms with E-state index in [1.165, 1.54) is 6.20 Å². The smallest absolute Gasteiger partial charge is 0.251 e. The highest BCUT2D eigenvalue weighted by molar-refractivity contribution is 5.41. The SMILES string of the molecule is Nc1nccc(N2CCC(F)(F)CC2)n1. The van der Waals surface area contributed by atoms with Gasteiger partial charge in [-0.15, -0.1) is 0 Å². The first-order chi connectivity index (χ1) is 7.07. The predicted octanol–water partition coefficient (Wildman–Crippen LogP) is 1.29. The van der Waals surface area contributed by atoms with Crippen LogP contribution in [-0.4, -0.2) is 29.0 Å². The third-order valence-corrected chi connectivity index (χ3v) is 2.48. The first kappa shape index (κ1) is 10.1. The molecule has 1 fully saturated rings. The van der Waals surface area contributed by atoms with Crippen LogP contribution in [0.15, 0.2) is 12.3 Å². The van der Waals surface area contributed by atoms with Crippen molar-refractivity contribution in [2.75, 3.05) is 23.7 Å². The van der Waals surface area contributed by atoms with Crippen molar-refractivity contribution < 1.29 is 8.78 Å². The number of hydrogen-bond donors (Lipinski definition) is 1. The fraction of sp³-hybridized carbons (Fsp3) is 0.556. The monoisotopic (exact) mass is 214 g/mol. The maximum absolute atomic E-state index is 12.9. The quantitative estimate of drug-likeness (QED) is 0.765. The third-order valence-electron chi connectivity index (χ3n) is 2.48. The molecule has 1 aliphatic rings. The summed E-state index contributed by atoms with van der Waals surface area (Å²) < 4.78 is 25.8. The summed E-state index contributed by atoms with van der Waals surface area (Å²) in [5, 5.41) is 0. The zero-order chi connectivity index (χ0) is 10.9. The Labute approximate surface area is 86.1 Å². The summed E-state index contributed by atoms with van der Waals surface area (Å²) in [5.74, 6) is -1.74. The molecule has 0 radical (unpaired) electrons. The minimum Gasteiger partial charge on any atom is -0.368 e. The van der Waals surface area contributed by atoms with Crippen molar-refractivity contribution in [1.82, 2.24) is 9.97 Å². The van der Waals surface area contributed by atoms with Gasteiger partial charge in [0.1, 0.15) is 5.82 Å². The average Bonchev–Trinajstić information content (AvgIpc) is 2.17. The van der Waals surface area contributed by atoms with Crippen LogP contribution in [0.3, 0.4) is 0 Å². The standard InChI is InChI=1S/C9H12F2N4/c10-9(11)2-5-15(6-3-9)7-1-4-13-8(12)14-7/h1,4H,2-3,5-6H2,(H2,12,13,14). The van der Waals surface area contributed by atoms with Gasteiger partial charge in [-0.3, -0.25) is 0 Å². The van der Waals surface area contributed by atoms with Crippen LogP contribution in [-0.2, 0) is 0 Å². The Balaban J connectivity index is 2.08. The van der Waals surface area contributed by atoms with Gasteiger partial charge in [-0.25, -0.2) is 13.8 Å². The number of hydrogen-bond acceptors (Lipinski definition) is 4. The third kappa shape index (κ3) is 2.31. The second-order valence-corrected chi connectivity index (χ2v) is 3.62. The van der Waals surface area contributed by atoms with Crippen molar-refractivity contribution in [3.63, 3.8) is 0 Å². The van der Waals surface area contributed by atoms with Crippen LogP contribution in [0.2, 0.25) is 0 Å². The Kier molecular flexibility index (Phi) is 2.42. The molecule has 0 spiro atoms. The van der Waals surface area contributed by atoms with Gasteiger partial charge in [0, 0.05) is 32.1 Å². The van der Waals surface area contributed by atoms with E-state index < -0.39 is 5.92 Å². The van der Waals surface area contributed by atoms with Gasteiger partial charge < -0.3 is 10.6 Å². The van der Waals surface area contributed by atoms with E-state index in [1.807, 2.05) is 0 Å². The van der Waals surface area contributed by atoms with E-state index >= 15 is 0 Å². The van der Waals surface area contributed by atoms with Crippen molar-refractivity contribution in [3.8, 4) is 0 Å². The van der Waals surface area contributed by atoms with Gasteiger partial charge in [0.25, 0.3) is 5.92 Å². The number of rotatable bonds is 1. The number of anilines is 2. The van der Waals surface area contributed by atoms with Crippen molar-refractivity contribution >= 4 is 11.8 Å². The first-order valence-corrected chi connectivity index (χ1v) is 4.78. The highest BCUT2D eigenvalue weighted by Crippen LogP contribution is 2.29. The van der Waals surface area contributed by atoms with Crippen LogP contribution in [0.25, 0.3) is 0 Å². The number of piperidine rings is 1. The summed E-state index contributed by atoms with van der Waals surface area (Å²) in [6, 6.07) is 1.68. The van der Waals surface area contributed by atoms with E-state index in [0.29, 0.717) is 18.9 Å². The normalized spacial score (nSPS) is 20.3. The molecule has 0 amide bonds. The van der Waals surface area contributed by atoms with Gasteiger partial charge in [0.2, 0.25) is 5.95 Å². The van der Waals surface area contributed by atoms with Crippen molar-refractivity contribution in [2.24, 2.45) is 0 Å². The molecule has 1 saturated heterocycles. The van der Waals surface area contributed by atoms with Crippen LogP contribution in [0.1, 0.15) is 12.8 Å². The topological polar surface area (TPSA) is 55.0 Å². The maximum Gasteiger partial charge on any atom is 0.251 e. The van der Waals surface area contributed by atoms with E-state index in [2.05, 4.69) is 9.97 Å². The van der Waals surface area contributed by atoms with Crippen LogP contribution in [0.5, 0.6) is 0 Å². The Morgan fingerprint density at radius 2 is 2.00 bits per heavy atom. The van der Waals surface area contributed by atoms with Gasteiger partial charge in [0.05, 0.1) is 0 Å². The predicted molar refractivity (Wildman–Crippen MR) is 52.8 cm³/mol. The summed E-state index contributed by atoms with van der Waals surface area (Å²) in [6.45, 7) is 0.618. The fourth-order valence-electron chi connectivity index (χ4n) is 1.60. The summed E-state index contributed by atoms with van der Waals surface area (Å²) in [4.78, 5) is 9.55. The molecule has 1 aliphatic heterocycles. The number of nitrogen functional groups attached to an aromatic ring is 1. The molecule has 1 aromatic rings. The molecule has 2 N–H and O–H groups in total. The Bertz CT molecular complexity index is 346. The lowest BCUT2D eigenvalue weighted by atomic mass is 10.1. The fourth-order valence-corrected chi connectivity index (χ4v) is 1.60. The van der Waals surface area contributed by atoms with E-state index in [-0.39, 0.29) is 18.8 Å². The first-order valence-electron chi connectivity index (χ1n) is 4.78. The molecule has 0 atom stereocenters. The molecule has 1 aromatic heterocycles. The van der Waals surface area contributed by atoms with Gasteiger partial charge in [-0.05, 0) is 6.07 Å². The van der Waals surface area contributed by atoms with Crippen molar-refractivity contribution in [1.29, 1.82) is 0 Å². The van der Waals surface area contributed by atoms with Gasteiger partial charge in [0.15, 0.2) is 0 Å². The summed E-state index contributed by atoms with van der Waals surface area (Å²) in [6.07, 6.45) is 1.28. The van der Waals surface area contributed by atoms with Crippen molar-refractivity contribution in [2.45, 2.75) is 18.8 Å². The highest BCUT2D eigenvalue weighted by atomic mass is 19.3. The van der Waals surface area contributed by atoms with Gasteiger partial charge in [-0.1, -0.05) is 0 Å². The van der Waals surface area contributed by atoms with E-state index in [0.717, 1.165) is 0 Å². The van der Waals surface area contributed by atoms with Crippen LogP contribution < -0.4 is 10.6 Å². The Morgan fingerprint density at radius 3 is 2.60 bits per heavy atom. The second kappa shape index (κ2) is 3.60. The largest absolute Gasteiger partial charge is 0.368 e. The highest BCUT2D eigenvalue weighted by Gasteiger charge is 2.34. The van der Waals surface area contributed by atoms with E-state index in [9.17, 15) is 8.78 Å². The zero-order valence-electron chi connectivity index (χ0n) is 8.16. The van der Waals surface area contributed by atoms with Gasteiger partial charge >= 0.3 is 0 Å². The molecular weight excluding hydrogens is 202 g/mol. The number of alkyl halides is 2. The molecule has 82 valence electrons. The lowest BCUT2D eigenvalue weighted by Crippen LogP contribution is -2.39. The maximum atomic E-state index is 12.9. The Morgan fingerprint density at radius 1 is 1.33 bits per heavy atom. The Hall–Kier alpha value is -1.46. The zero-order valence-corrected chi connectivity index (χ0v) is 8.16. The molecular formula is C9H12F2N4. The lowest BCUT2D eigenvalue weighted by molar-refractivity contribution is -0.0221. The molecule has 2 rings (SSSR count). The average molecular weight is 214 g/mol. The van der Waals surface area contributed by atoms with Gasteiger partial charge in [-0.2, -0.15) is 4.98 Å². The van der Waals surface area contributed by atoms with E-state index in [1.54, 1.807) is 11.0 Å². The molecule has 0 bridgehead atoms. The molecule has 0 saturated carbocycles. The second-order valence-electron chi connectivity index (χ2n) is 3.62. The molecule has 15 heavy (non-hydrogen) atoms. The number of halogens is 2. The summed E-state index contributed by atoms with van der Waals surface area (Å²) >= 11 is 0. The number of aromatic nitrogens is 2. The van der Waals surface area contributed by atoms with Crippen LogP contribution in [0, 0.1) is 0 Å². The lowest BCUT2D eigenvalue weighted by Gasteiger charge is -2.32. The number of nitrogens with zero attached hydrogens (tertiary/aromatic N) is 3. The minimum absolute atomic E-state index is 0.128. The minimum atomic E-state index is -2.53. The molecule has 0 aliphatic carbocycles.